The SMILES string of the molecule is Cc1nc(F)ccc1-c1cc(CCC2=NCCN2)cc(C(=O)CCc2ccc(Cl)c(Cl)c2)n1. The van der Waals surface area contributed by atoms with Crippen LogP contribution in [0.3, 0.4) is 0 Å². The lowest BCUT2D eigenvalue weighted by molar-refractivity contribution is 0.0978. The Hall–Kier alpha value is -2.83. The van der Waals surface area contributed by atoms with Gasteiger partial charge in [0.15, 0.2) is 5.78 Å². The first-order chi connectivity index (χ1) is 15.9. The van der Waals surface area contributed by atoms with Gasteiger partial charge in [0.25, 0.3) is 0 Å². The number of aryl methyl sites for hydroxylation is 3. The summed E-state index contributed by atoms with van der Waals surface area (Å²) in [7, 11) is 0. The molecule has 1 N–H and O–H groups in total. The molecule has 33 heavy (non-hydrogen) atoms. The Kier molecular flexibility index (Phi) is 7.36. The number of hydrogen-bond acceptors (Lipinski definition) is 5. The van der Waals surface area contributed by atoms with Gasteiger partial charge in [-0.15, -0.1) is 0 Å². The molecule has 0 saturated carbocycles. The summed E-state index contributed by atoms with van der Waals surface area (Å²) in [6.45, 7) is 3.38. The van der Waals surface area contributed by atoms with Crippen LogP contribution in [0.2, 0.25) is 10.0 Å². The minimum atomic E-state index is -0.546. The first-order valence-electron chi connectivity index (χ1n) is 10.8. The molecule has 0 amide bonds. The highest BCUT2D eigenvalue weighted by atomic mass is 35.5. The van der Waals surface area contributed by atoms with Gasteiger partial charge in [-0.25, -0.2) is 9.97 Å². The van der Waals surface area contributed by atoms with Crippen LogP contribution in [0.4, 0.5) is 4.39 Å². The molecule has 4 rings (SSSR count). The summed E-state index contributed by atoms with van der Waals surface area (Å²) in [6, 6.07) is 12.1. The van der Waals surface area contributed by atoms with Gasteiger partial charge in [0, 0.05) is 30.6 Å². The molecule has 170 valence electrons. The van der Waals surface area contributed by atoms with Gasteiger partial charge >= 0.3 is 0 Å². The molecule has 0 saturated heterocycles. The lowest BCUT2D eigenvalue weighted by Crippen LogP contribution is -2.19. The Morgan fingerprint density at radius 2 is 1.85 bits per heavy atom. The van der Waals surface area contributed by atoms with Gasteiger partial charge in [-0.1, -0.05) is 29.3 Å². The monoisotopic (exact) mass is 484 g/mol. The molecular weight excluding hydrogens is 462 g/mol. The molecule has 1 aromatic carbocycles. The highest BCUT2D eigenvalue weighted by Crippen LogP contribution is 2.25. The van der Waals surface area contributed by atoms with Crippen molar-refractivity contribution in [3.05, 3.63) is 81.0 Å². The second-order valence-electron chi connectivity index (χ2n) is 7.94. The van der Waals surface area contributed by atoms with Crippen molar-refractivity contribution in [2.45, 2.75) is 32.6 Å². The average Bonchev–Trinajstić information content (AvgIpc) is 3.32. The van der Waals surface area contributed by atoms with E-state index in [1.54, 1.807) is 25.1 Å². The number of aromatic nitrogens is 2. The molecule has 2 aromatic heterocycles. The first-order valence-corrected chi connectivity index (χ1v) is 11.5. The molecule has 3 aromatic rings. The third-order valence-electron chi connectivity index (χ3n) is 5.52. The van der Waals surface area contributed by atoms with Gasteiger partial charge in [-0.3, -0.25) is 9.79 Å². The molecule has 0 bridgehead atoms. The molecule has 8 heteroatoms. The standard InChI is InChI=1S/C25H23Cl2FN4O/c1-15-18(5-8-24(28)31-15)21-13-17(4-9-25-29-10-11-30-25)14-22(32-21)23(33)7-3-16-2-6-19(26)20(27)12-16/h2,5-6,8,12-14H,3-4,7,9-11H2,1H3,(H,29,30). The van der Waals surface area contributed by atoms with Crippen LogP contribution in [0.15, 0.2) is 47.5 Å². The fraction of sp³-hybridized carbons (Fsp3) is 0.280. The van der Waals surface area contributed by atoms with Gasteiger partial charge in [0.05, 0.1) is 28.1 Å². The van der Waals surface area contributed by atoms with Crippen molar-refractivity contribution in [3.63, 3.8) is 0 Å². The Balaban J connectivity index is 1.59. The summed E-state index contributed by atoms with van der Waals surface area (Å²) in [5, 5.41) is 4.21. The molecule has 1 aliphatic heterocycles. The summed E-state index contributed by atoms with van der Waals surface area (Å²) < 4.78 is 13.5. The fourth-order valence-corrected chi connectivity index (χ4v) is 4.09. The first kappa shape index (κ1) is 23.3. The van der Waals surface area contributed by atoms with Crippen molar-refractivity contribution in [2.75, 3.05) is 13.1 Å². The average molecular weight is 485 g/mol. The Labute approximate surface area is 202 Å². The number of nitrogens with zero attached hydrogens (tertiary/aromatic N) is 3. The number of carbonyl (C=O) groups excluding carboxylic acids is 1. The van der Waals surface area contributed by atoms with Crippen LogP contribution in [0.5, 0.6) is 0 Å². The van der Waals surface area contributed by atoms with Crippen LogP contribution in [-0.4, -0.2) is 34.7 Å². The number of aliphatic imine (C=N–C) groups is 1. The number of benzene rings is 1. The van der Waals surface area contributed by atoms with Gasteiger partial charge in [-0.05, 0) is 67.3 Å². The van der Waals surface area contributed by atoms with E-state index in [4.69, 9.17) is 23.2 Å². The van der Waals surface area contributed by atoms with Crippen molar-refractivity contribution in [3.8, 4) is 11.3 Å². The third-order valence-corrected chi connectivity index (χ3v) is 6.26. The van der Waals surface area contributed by atoms with Gasteiger partial charge in [0.1, 0.15) is 5.69 Å². The Morgan fingerprint density at radius 3 is 2.58 bits per heavy atom. The van der Waals surface area contributed by atoms with E-state index in [1.807, 2.05) is 18.2 Å². The molecule has 3 heterocycles. The molecule has 0 atom stereocenters. The van der Waals surface area contributed by atoms with E-state index in [2.05, 4.69) is 20.3 Å². The van der Waals surface area contributed by atoms with Crippen LogP contribution in [0.25, 0.3) is 11.3 Å². The Morgan fingerprint density at radius 1 is 1.00 bits per heavy atom. The molecule has 0 unspecified atom stereocenters. The topological polar surface area (TPSA) is 67.2 Å². The van der Waals surface area contributed by atoms with E-state index in [9.17, 15) is 9.18 Å². The van der Waals surface area contributed by atoms with Gasteiger partial charge in [0.2, 0.25) is 5.95 Å². The quantitative estimate of drug-likeness (QED) is 0.331. The van der Waals surface area contributed by atoms with Crippen LogP contribution >= 0.6 is 23.2 Å². The van der Waals surface area contributed by atoms with Crippen molar-refractivity contribution < 1.29 is 9.18 Å². The number of pyridine rings is 2. The largest absolute Gasteiger partial charge is 0.372 e. The number of halogens is 3. The number of nitrogens with one attached hydrogen (secondary N) is 1. The number of rotatable bonds is 8. The van der Waals surface area contributed by atoms with Gasteiger partial charge in [-0.2, -0.15) is 4.39 Å². The zero-order chi connectivity index (χ0) is 23.4. The third kappa shape index (κ3) is 5.95. The molecule has 1 aliphatic rings. The fourth-order valence-electron chi connectivity index (χ4n) is 3.77. The number of carbonyl (C=O) groups is 1. The zero-order valence-corrected chi connectivity index (χ0v) is 19.7. The number of hydrogen-bond donors (Lipinski definition) is 1. The second kappa shape index (κ2) is 10.4. The van der Waals surface area contributed by atoms with Crippen molar-refractivity contribution >= 4 is 34.8 Å². The minimum absolute atomic E-state index is 0.0757. The molecule has 0 radical (unpaired) electrons. The van der Waals surface area contributed by atoms with E-state index in [-0.39, 0.29) is 12.2 Å². The number of Topliss-reactive ketones (excluding diaryl/α,β-unsaturated/α-hetero) is 1. The zero-order valence-electron chi connectivity index (χ0n) is 18.2. The normalized spacial score (nSPS) is 13.0. The van der Waals surface area contributed by atoms with E-state index in [0.29, 0.717) is 45.5 Å². The van der Waals surface area contributed by atoms with Crippen molar-refractivity contribution in [1.82, 2.24) is 15.3 Å². The number of amidine groups is 1. The van der Waals surface area contributed by atoms with Crippen molar-refractivity contribution in [2.24, 2.45) is 4.99 Å². The molecular formula is C25H23Cl2FN4O. The lowest BCUT2D eigenvalue weighted by Gasteiger charge is -2.11. The summed E-state index contributed by atoms with van der Waals surface area (Å²) in [4.78, 5) is 26.0. The van der Waals surface area contributed by atoms with E-state index in [1.165, 1.54) is 6.07 Å². The number of ketones is 1. The van der Waals surface area contributed by atoms with Crippen LogP contribution in [0.1, 0.15) is 40.2 Å². The predicted octanol–water partition coefficient (Wildman–Crippen LogP) is 5.65. The van der Waals surface area contributed by atoms with E-state index < -0.39 is 5.95 Å². The van der Waals surface area contributed by atoms with Gasteiger partial charge < -0.3 is 5.32 Å². The second-order valence-corrected chi connectivity index (χ2v) is 8.75. The minimum Gasteiger partial charge on any atom is -0.372 e. The lowest BCUT2D eigenvalue weighted by atomic mass is 10.0. The maximum Gasteiger partial charge on any atom is 0.213 e. The summed E-state index contributed by atoms with van der Waals surface area (Å²) in [5.74, 6) is 0.351. The predicted molar refractivity (Wildman–Crippen MR) is 130 cm³/mol. The van der Waals surface area contributed by atoms with Crippen LogP contribution in [0, 0.1) is 12.9 Å². The smallest absolute Gasteiger partial charge is 0.213 e. The van der Waals surface area contributed by atoms with Crippen LogP contribution < -0.4 is 5.32 Å². The molecule has 0 aliphatic carbocycles. The molecule has 0 fully saturated rings. The molecule has 0 spiro atoms. The maximum absolute atomic E-state index is 13.5. The highest BCUT2D eigenvalue weighted by molar-refractivity contribution is 6.42. The summed E-state index contributed by atoms with van der Waals surface area (Å²) in [6.07, 6.45) is 2.26. The highest BCUT2D eigenvalue weighted by Gasteiger charge is 2.15. The maximum atomic E-state index is 13.5. The summed E-state index contributed by atoms with van der Waals surface area (Å²) in [5.41, 5.74) is 4.11. The van der Waals surface area contributed by atoms with Crippen molar-refractivity contribution in [1.29, 1.82) is 0 Å². The van der Waals surface area contributed by atoms with E-state index in [0.717, 1.165) is 36.5 Å². The molecule has 5 nitrogen and oxygen atoms in total. The summed E-state index contributed by atoms with van der Waals surface area (Å²) >= 11 is 12.1. The van der Waals surface area contributed by atoms with Crippen LogP contribution in [-0.2, 0) is 12.8 Å². The van der Waals surface area contributed by atoms with E-state index >= 15 is 0 Å². The Bertz CT molecular complexity index is 1230.